The van der Waals surface area contributed by atoms with Crippen LogP contribution >= 0.6 is 0 Å². The number of benzene rings is 2. The number of hydrogen-bond acceptors (Lipinski definition) is 9. The number of likely N-dealkylation sites (N-methyl/N-ethyl adjacent to an activating group) is 1. The summed E-state index contributed by atoms with van der Waals surface area (Å²) in [6.45, 7) is 7.27. The van der Waals surface area contributed by atoms with Gasteiger partial charge in [0, 0.05) is 62.4 Å². The fourth-order valence-corrected chi connectivity index (χ4v) is 4.62. The number of ether oxygens (including phenoxy) is 1. The van der Waals surface area contributed by atoms with E-state index < -0.39 is 0 Å². The zero-order valence-corrected chi connectivity index (χ0v) is 21.0. The molecule has 10 nitrogen and oxygen atoms in total. The van der Waals surface area contributed by atoms with Gasteiger partial charge in [0.1, 0.15) is 6.33 Å². The lowest BCUT2D eigenvalue weighted by Gasteiger charge is -2.31. The molecule has 0 atom stereocenters. The van der Waals surface area contributed by atoms with Crippen LogP contribution in [0.3, 0.4) is 0 Å². The summed E-state index contributed by atoms with van der Waals surface area (Å²) in [5.41, 5.74) is 4.99. The molecular formula is C27H31N9O. The number of morpholine rings is 1. The summed E-state index contributed by atoms with van der Waals surface area (Å²) < 4.78 is 7.30. The Hall–Kier alpha value is -4.02. The van der Waals surface area contributed by atoms with Gasteiger partial charge in [-0.05, 0) is 49.5 Å². The molecule has 1 N–H and O–H groups in total. The van der Waals surface area contributed by atoms with Crippen LogP contribution in [0.5, 0.6) is 0 Å². The summed E-state index contributed by atoms with van der Waals surface area (Å²) in [6, 6.07) is 18.5. The lowest BCUT2D eigenvalue weighted by molar-refractivity contribution is 0.122. The highest BCUT2D eigenvalue weighted by atomic mass is 16.5. The van der Waals surface area contributed by atoms with Gasteiger partial charge in [-0.15, -0.1) is 5.10 Å². The normalized spacial score (nSPS) is 16.7. The van der Waals surface area contributed by atoms with Crippen molar-refractivity contribution in [3.8, 4) is 16.9 Å². The monoisotopic (exact) mass is 497 g/mol. The molecule has 37 heavy (non-hydrogen) atoms. The van der Waals surface area contributed by atoms with Crippen molar-refractivity contribution in [2.45, 2.75) is 0 Å². The van der Waals surface area contributed by atoms with E-state index in [0.717, 1.165) is 81.1 Å². The van der Waals surface area contributed by atoms with Crippen molar-refractivity contribution >= 4 is 23.3 Å². The van der Waals surface area contributed by atoms with Gasteiger partial charge in [-0.1, -0.05) is 12.1 Å². The number of aromatic nitrogens is 5. The molecule has 4 heterocycles. The van der Waals surface area contributed by atoms with Crippen molar-refractivity contribution < 1.29 is 4.74 Å². The van der Waals surface area contributed by atoms with Crippen molar-refractivity contribution in [2.75, 3.05) is 74.6 Å². The van der Waals surface area contributed by atoms with E-state index >= 15 is 0 Å². The lowest BCUT2D eigenvalue weighted by Crippen LogP contribution is -2.45. The molecule has 6 rings (SSSR count). The van der Waals surface area contributed by atoms with E-state index in [1.165, 1.54) is 5.69 Å². The van der Waals surface area contributed by atoms with Crippen molar-refractivity contribution in [1.82, 2.24) is 29.6 Å². The Morgan fingerprint density at radius 1 is 0.811 bits per heavy atom. The van der Waals surface area contributed by atoms with Gasteiger partial charge in [-0.2, -0.15) is 4.98 Å². The van der Waals surface area contributed by atoms with E-state index in [2.05, 4.69) is 66.4 Å². The molecular weight excluding hydrogens is 466 g/mol. The van der Waals surface area contributed by atoms with E-state index in [1.807, 2.05) is 35.0 Å². The van der Waals surface area contributed by atoms with Crippen molar-refractivity contribution in [2.24, 2.45) is 0 Å². The van der Waals surface area contributed by atoms with Gasteiger partial charge in [0.05, 0.1) is 24.6 Å². The quantitative estimate of drug-likeness (QED) is 0.432. The molecule has 0 saturated carbocycles. The average Bonchev–Trinajstić information content (AvgIpc) is 3.45. The van der Waals surface area contributed by atoms with Gasteiger partial charge in [-0.3, -0.25) is 0 Å². The van der Waals surface area contributed by atoms with E-state index in [1.54, 1.807) is 12.5 Å². The smallest absolute Gasteiger partial charge is 0.245 e. The van der Waals surface area contributed by atoms with Crippen LogP contribution in [0.2, 0.25) is 0 Å². The summed E-state index contributed by atoms with van der Waals surface area (Å²) in [4.78, 5) is 20.6. The highest BCUT2D eigenvalue weighted by Crippen LogP contribution is 2.25. The zero-order chi connectivity index (χ0) is 25.0. The first-order valence-corrected chi connectivity index (χ1v) is 12.7. The molecule has 10 heteroatoms. The topological polar surface area (TPSA) is 87.5 Å². The second kappa shape index (κ2) is 10.5. The standard InChI is InChI=1S/C27H31N9O/c1-33-11-13-35(14-12-33)27-29-20-36(32-27)23-7-5-22(6-8-23)30-26-28-10-9-25(31-26)21-3-2-4-24(19-21)34-15-17-37-18-16-34/h2-10,19-20H,11-18H2,1H3,(H,28,30,31). The maximum Gasteiger partial charge on any atom is 0.245 e. The third-order valence-corrected chi connectivity index (χ3v) is 6.83. The second-order valence-corrected chi connectivity index (χ2v) is 9.37. The second-order valence-electron chi connectivity index (χ2n) is 9.37. The van der Waals surface area contributed by atoms with Gasteiger partial charge in [-0.25, -0.2) is 14.6 Å². The highest BCUT2D eigenvalue weighted by Gasteiger charge is 2.18. The number of piperazine rings is 1. The van der Waals surface area contributed by atoms with Crippen molar-refractivity contribution in [1.29, 1.82) is 0 Å². The predicted octanol–water partition coefficient (Wildman–Crippen LogP) is 3.06. The van der Waals surface area contributed by atoms with Gasteiger partial charge >= 0.3 is 0 Å². The summed E-state index contributed by atoms with van der Waals surface area (Å²) in [5, 5.41) is 8.01. The van der Waals surface area contributed by atoms with Crippen LogP contribution in [0.4, 0.5) is 23.3 Å². The van der Waals surface area contributed by atoms with Crippen molar-refractivity contribution in [3.05, 3.63) is 67.1 Å². The van der Waals surface area contributed by atoms with Gasteiger partial charge in [0.15, 0.2) is 0 Å². The van der Waals surface area contributed by atoms with Gasteiger partial charge in [0.2, 0.25) is 11.9 Å². The molecule has 2 aromatic heterocycles. The Bertz CT molecular complexity index is 1330. The Morgan fingerprint density at radius 3 is 2.43 bits per heavy atom. The molecule has 190 valence electrons. The Labute approximate surface area is 216 Å². The minimum Gasteiger partial charge on any atom is -0.378 e. The van der Waals surface area contributed by atoms with Crippen LogP contribution in [0.25, 0.3) is 16.9 Å². The summed E-state index contributed by atoms with van der Waals surface area (Å²) >= 11 is 0. The van der Waals surface area contributed by atoms with Gasteiger partial charge in [0.25, 0.3) is 0 Å². The van der Waals surface area contributed by atoms with E-state index in [0.29, 0.717) is 5.95 Å². The fourth-order valence-electron chi connectivity index (χ4n) is 4.62. The van der Waals surface area contributed by atoms with Crippen LogP contribution in [0, 0.1) is 0 Å². The van der Waals surface area contributed by atoms with Crippen LogP contribution in [0.1, 0.15) is 0 Å². The van der Waals surface area contributed by atoms with E-state index in [9.17, 15) is 0 Å². The van der Waals surface area contributed by atoms with Crippen LogP contribution in [-0.4, -0.2) is 89.2 Å². The molecule has 2 aliphatic rings. The maximum absolute atomic E-state index is 5.49. The molecule has 2 aromatic carbocycles. The van der Waals surface area contributed by atoms with E-state index in [4.69, 9.17) is 9.72 Å². The summed E-state index contributed by atoms with van der Waals surface area (Å²) in [6.07, 6.45) is 3.56. The van der Waals surface area contributed by atoms with Gasteiger partial charge < -0.3 is 24.8 Å². The number of hydrogen-bond donors (Lipinski definition) is 1. The van der Waals surface area contributed by atoms with Crippen LogP contribution in [-0.2, 0) is 4.74 Å². The molecule has 0 unspecified atom stereocenters. The van der Waals surface area contributed by atoms with Crippen LogP contribution < -0.4 is 15.1 Å². The Kier molecular flexibility index (Phi) is 6.66. The summed E-state index contributed by atoms with van der Waals surface area (Å²) in [7, 11) is 2.14. The highest BCUT2D eigenvalue weighted by molar-refractivity contribution is 5.67. The molecule has 0 amide bonds. The number of nitrogens with zero attached hydrogens (tertiary/aromatic N) is 8. The molecule has 2 aliphatic heterocycles. The molecule has 0 radical (unpaired) electrons. The molecule has 2 fully saturated rings. The molecule has 4 aromatic rings. The Balaban J connectivity index is 1.13. The predicted molar refractivity (Wildman–Crippen MR) is 145 cm³/mol. The van der Waals surface area contributed by atoms with Crippen molar-refractivity contribution in [3.63, 3.8) is 0 Å². The maximum atomic E-state index is 5.49. The first kappa shape index (κ1) is 23.4. The van der Waals surface area contributed by atoms with E-state index in [-0.39, 0.29) is 0 Å². The summed E-state index contributed by atoms with van der Waals surface area (Å²) in [5.74, 6) is 1.33. The third kappa shape index (κ3) is 5.40. The number of anilines is 4. The zero-order valence-electron chi connectivity index (χ0n) is 21.0. The fraction of sp³-hybridized carbons (Fsp3) is 0.333. The Morgan fingerprint density at radius 2 is 1.62 bits per heavy atom. The number of nitrogens with one attached hydrogen (secondary N) is 1. The third-order valence-electron chi connectivity index (χ3n) is 6.83. The largest absolute Gasteiger partial charge is 0.378 e. The molecule has 0 aliphatic carbocycles. The molecule has 0 bridgehead atoms. The van der Waals surface area contributed by atoms with Crippen LogP contribution in [0.15, 0.2) is 67.1 Å². The molecule has 0 spiro atoms. The molecule has 2 saturated heterocycles. The number of rotatable bonds is 6. The average molecular weight is 498 g/mol. The first-order valence-electron chi connectivity index (χ1n) is 12.7. The minimum absolute atomic E-state index is 0.556. The first-order chi connectivity index (χ1) is 18.2. The minimum atomic E-state index is 0.556. The SMILES string of the molecule is CN1CCN(c2ncn(-c3ccc(Nc4nccc(-c5cccc(N6CCOCC6)c5)n4)cc3)n2)CC1. The lowest BCUT2D eigenvalue weighted by atomic mass is 10.1.